The Morgan fingerprint density at radius 1 is 1.00 bits per heavy atom. The van der Waals surface area contributed by atoms with E-state index in [4.69, 9.17) is 37.6 Å². The minimum atomic E-state index is -0.336. The zero-order valence-electron chi connectivity index (χ0n) is 27.4. The quantitative estimate of drug-likeness (QED) is 0.150. The van der Waals surface area contributed by atoms with E-state index in [1.54, 1.807) is 0 Å². The van der Waals surface area contributed by atoms with Crippen LogP contribution in [-0.2, 0) is 29.1 Å². The maximum Gasteiger partial charge on any atom is 0.318 e. The summed E-state index contributed by atoms with van der Waals surface area (Å²) >= 11 is 6.74. The fourth-order valence-electron chi connectivity index (χ4n) is 7.49. The van der Waals surface area contributed by atoms with Crippen LogP contribution in [0.3, 0.4) is 0 Å². The van der Waals surface area contributed by atoms with E-state index in [1.165, 1.54) is 0 Å². The van der Waals surface area contributed by atoms with Crippen molar-refractivity contribution < 1.29 is 14.3 Å². The van der Waals surface area contributed by atoms with Gasteiger partial charge in [0.2, 0.25) is 6.54 Å². The lowest BCUT2D eigenvalue weighted by molar-refractivity contribution is -0.152. The molecule has 3 aliphatic rings. The molecule has 3 aromatic carbocycles. The Balaban J connectivity index is 1.16. The molecule has 0 saturated carbocycles. The van der Waals surface area contributed by atoms with E-state index < -0.39 is 0 Å². The second kappa shape index (κ2) is 14.4. The van der Waals surface area contributed by atoms with Crippen molar-refractivity contribution in [3.8, 4) is 6.01 Å². The molecule has 4 heterocycles. The average molecular weight is 665 g/mol. The molecule has 2 saturated heterocycles. The highest BCUT2D eigenvalue weighted by atomic mass is 35.5. The zero-order chi connectivity index (χ0) is 33.0. The van der Waals surface area contributed by atoms with E-state index in [-0.39, 0.29) is 31.0 Å². The van der Waals surface area contributed by atoms with Crippen molar-refractivity contribution in [3.63, 3.8) is 0 Å². The van der Waals surface area contributed by atoms with Crippen LogP contribution in [0.5, 0.6) is 6.01 Å². The molecule has 3 aliphatic heterocycles. The van der Waals surface area contributed by atoms with Gasteiger partial charge in [0.05, 0.1) is 29.1 Å². The van der Waals surface area contributed by atoms with Gasteiger partial charge in [-0.25, -0.2) is 6.57 Å². The molecule has 0 radical (unpaired) electrons. The minimum absolute atomic E-state index is 0.167. The number of ether oxygens (including phenoxy) is 2. The van der Waals surface area contributed by atoms with Gasteiger partial charge in [0.15, 0.2) is 0 Å². The van der Waals surface area contributed by atoms with Gasteiger partial charge in [0, 0.05) is 42.3 Å². The van der Waals surface area contributed by atoms with Crippen LogP contribution in [0.15, 0.2) is 66.7 Å². The van der Waals surface area contributed by atoms with Crippen LogP contribution >= 0.6 is 11.6 Å². The third kappa shape index (κ3) is 6.78. The highest BCUT2D eigenvalue weighted by molar-refractivity contribution is 6.36. The summed E-state index contributed by atoms with van der Waals surface area (Å²) < 4.78 is 12.1. The van der Waals surface area contributed by atoms with Gasteiger partial charge in [0.25, 0.3) is 0 Å². The van der Waals surface area contributed by atoms with Crippen LogP contribution in [-0.4, -0.2) is 73.3 Å². The number of benzene rings is 3. The highest BCUT2D eigenvalue weighted by Crippen LogP contribution is 2.38. The molecule has 10 heteroatoms. The van der Waals surface area contributed by atoms with Crippen LogP contribution in [0.2, 0.25) is 5.02 Å². The number of carbonyl (C=O) groups is 1. The molecule has 2 unspecified atom stereocenters. The number of esters is 1. The summed E-state index contributed by atoms with van der Waals surface area (Å²) in [5, 5.41) is 2.89. The molecule has 1 aromatic heterocycles. The molecule has 9 nitrogen and oxygen atoms in total. The van der Waals surface area contributed by atoms with Gasteiger partial charge in [-0.1, -0.05) is 66.2 Å². The number of aromatic nitrogens is 2. The number of hydrogen-bond donors (Lipinski definition) is 0. The number of likely N-dealkylation sites (tertiary alicyclic amines) is 1. The molecule has 7 rings (SSSR count). The number of nitrogens with zero attached hydrogens (tertiary/aromatic N) is 6. The number of fused-ring (bicyclic) bond motifs is 2. The molecule has 48 heavy (non-hydrogen) atoms. The van der Waals surface area contributed by atoms with Crippen LogP contribution in [0.1, 0.15) is 36.1 Å². The van der Waals surface area contributed by atoms with E-state index in [0.29, 0.717) is 44.7 Å². The van der Waals surface area contributed by atoms with Gasteiger partial charge in [0.1, 0.15) is 19.0 Å². The maximum atomic E-state index is 13.3. The van der Waals surface area contributed by atoms with Crippen LogP contribution in [0.25, 0.3) is 15.6 Å². The van der Waals surface area contributed by atoms with Gasteiger partial charge in [-0.05, 0) is 62.4 Å². The molecule has 4 aromatic rings. The lowest BCUT2D eigenvalue weighted by Gasteiger charge is -2.38. The molecular formula is C38H41ClN6O3. The van der Waals surface area contributed by atoms with E-state index in [1.807, 2.05) is 42.5 Å². The lowest BCUT2D eigenvalue weighted by atomic mass is 9.85. The summed E-state index contributed by atoms with van der Waals surface area (Å²) in [7, 11) is 2.14. The van der Waals surface area contributed by atoms with Crippen LogP contribution in [0.4, 0.5) is 11.5 Å². The fraction of sp³-hybridized carbons (Fsp3) is 0.421. The smallest absolute Gasteiger partial charge is 0.318 e. The molecule has 2 fully saturated rings. The van der Waals surface area contributed by atoms with Gasteiger partial charge < -0.3 is 29.0 Å². The largest absolute Gasteiger partial charge is 0.462 e. The summed E-state index contributed by atoms with van der Waals surface area (Å²) in [6.45, 7) is 12.3. The first kappa shape index (κ1) is 32.2. The number of halogens is 1. The van der Waals surface area contributed by atoms with E-state index in [2.05, 4.69) is 50.9 Å². The van der Waals surface area contributed by atoms with Crippen molar-refractivity contribution in [3.05, 3.63) is 100.0 Å². The third-order valence-corrected chi connectivity index (χ3v) is 10.5. The predicted octanol–water partition coefficient (Wildman–Crippen LogP) is 6.42. The Kier molecular flexibility index (Phi) is 9.64. The van der Waals surface area contributed by atoms with Crippen LogP contribution in [0, 0.1) is 18.4 Å². The van der Waals surface area contributed by atoms with Crippen molar-refractivity contribution in [2.75, 3.05) is 56.2 Å². The molecule has 0 amide bonds. The molecule has 0 N–H and O–H groups in total. The van der Waals surface area contributed by atoms with Crippen molar-refractivity contribution in [2.24, 2.45) is 11.8 Å². The van der Waals surface area contributed by atoms with Crippen molar-refractivity contribution in [2.45, 2.75) is 44.9 Å². The SMILES string of the molecule is [C-]#[N+]C[C@H]1CN(c2nc(OCC3CCCN3C)nc3c2CCN(c2cccc4cccc(Cl)c24)C3)CCC1C(=O)OCc1ccccc1. The Morgan fingerprint density at radius 2 is 1.83 bits per heavy atom. The van der Waals surface area contributed by atoms with Gasteiger partial charge in [-0.15, -0.1) is 0 Å². The predicted molar refractivity (Wildman–Crippen MR) is 188 cm³/mol. The molecule has 0 bridgehead atoms. The zero-order valence-corrected chi connectivity index (χ0v) is 28.1. The summed E-state index contributed by atoms with van der Waals surface area (Å²) in [5.41, 5.74) is 4.09. The van der Waals surface area contributed by atoms with Gasteiger partial charge in [-0.2, -0.15) is 9.97 Å². The summed E-state index contributed by atoms with van der Waals surface area (Å²) in [6, 6.07) is 22.8. The number of carbonyl (C=O) groups excluding carboxylic acids is 1. The average Bonchev–Trinajstić information content (AvgIpc) is 3.53. The first-order chi connectivity index (χ1) is 23.5. The Morgan fingerprint density at radius 3 is 2.62 bits per heavy atom. The fourth-order valence-corrected chi connectivity index (χ4v) is 7.77. The molecule has 0 aliphatic carbocycles. The second-order valence-corrected chi connectivity index (χ2v) is 13.6. The molecular weight excluding hydrogens is 624 g/mol. The number of anilines is 2. The number of piperidine rings is 1. The normalized spacial score (nSPS) is 21.1. The Labute approximate surface area is 287 Å². The van der Waals surface area contributed by atoms with Gasteiger partial charge >= 0.3 is 12.0 Å². The summed E-state index contributed by atoms with van der Waals surface area (Å²) in [4.78, 5) is 34.0. The topological polar surface area (TPSA) is 75.4 Å². The minimum Gasteiger partial charge on any atom is -0.462 e. The Bertz CT molecular complexity index is 1810. The molecule has 248 valence electrons. The summed E-state index contributed by atoms with van der Waals surface area (Å²) in [6.07, 6.45) is 3.60. The number of rotatable bonds is 9. The second-order valence-electron chi connectivity index (χ2n) is 13.2. The van der Waals surface area contributed by atoms with Crippen molar-refractivity contribution >= 4 is 39.8 Å². The van der Waals surface area contributed by atoms with Gasteiger partial charge in [-0.3, -0.25) is 4.79 Å². The van der Waals surface area contributed by atoms with Crippen molar-refractivity contribution in [1.82, 2.24) is 14.9 Å². The molecule has 0 spiro atoms. The van der Waals surface area contributed by atoms with Crippen LogP contribution < -0.4 is 14.5 Å². The first-order valence-electron chi connectivity index (χ1n) is 16.9. The van der Waals surface area contributed by atoms with E-state index in [9.17, 15) is 4.79 Å². The van der Waals surface area contributed by atoms with E-state index in [0.717, 1.165) is 76.5 Å². The number of hydrogen-bond acceptors (Lipinski definition) is 8. The maximum absolute atomic E-state index is 13.3. The first-order valence-corrected chi connectivity index (χ1v) is 17.3. The van der Waals surface area contributed by atoms with E-state index >= 15 is 0 Å². The molecule has 3 atom stereocenters. The summed E-state index contributed by atoms with van der Waals surface area (Å²) in [5.74, 6) is 0.124. The Hall–Kier alpha value is -4.39. The third-order valence-electron chi connectivity index (χ3n) is 10.2. The van der Waals surface area contributed by atoms with Crippen molar-refractivity contribution in [1.29, 1.82) is 0 Å². The standard InChI is InChI=1S/C38H41ClN6O3/c1-40-21-28-22-45(20-16-30(28)37(46)47-24-26-9-4-3-5-10-26)36-31-17-19-44(34-15-7-12-27-11-6-14-32(39)35(27)34)23-33(31)41-38(42-36)48-25-29-13-8-18-43(29)2/h3-7,9-12,14-15,28-30H,8,13,16-25H2,2H3/t28-,29?,30?/m0/s1. The number of likely N-dealkylation sites (N-methyl/N-ethyl adjacent to an activating group) is 1. The monoisotopic (exact) mass is 664 g/mol. The highest BCUT2D eigenvalue weighted by Gasteiger charge is 2.39. The lowest BCUT2D eigenvalue weighted by Crippen LogP contribution is -2.46.